The van der Waals surface area contributed by atoms with Crippen molar-refractivity contribution in [3.8, 4) is 0 Å². The molecule has 0 fully saturated rings. The molecule has 0 spiro atoms. The fourth-order valence-electron chi connectivity index (χ4n) is 2.04. The van der Waals surface area contributed by atoms with Gasteiger partial charge in [-0.05, 0) is 6.07 Å². The van der Waals surface area contributed by atoms with Gasteiger partial charge < -0.3 is 10.6 Å². The van der Waals surface area contributed by atoms with Crippen LogP contribution >= 0.6 is 11.3 Å². The van der Waals surface area contributed by atoms with Gasteiger partial charge in [0.2, 0.25) is 0 Å². The van der Waals surface area contributed by atoms with E-state index in [-0.39, 0.29) is 0 Å². The lowest BCUT2D eigenvalue weighted by atomic mass is 10.1. The molecule has 0 aliphatic carbocycles. The largest absolute Gasteiger partial charge is 0.373 e. The number of likely N-dealkylation sites (N-methyl/N-ethyl adjacent to an activating group) is 1. The molecule has 5 heteroatoms. The number of nitrogens with zero attached hydrogens (tertiary/aromatic N) is 1. The Bertz CT molecular complexity index is 641. The summed E-state index contributed by atoms with van der Waals surface area (Å²) in [6.45, 7) is 0. The van der Waals surface area contributed by atoms with Crippen LogP contribution in [0, 0.1) is 0 Å². The van der Waals surface area contributed by atoms with Crippen molar-refractivity contribution in [1.82, 2.24) is 10.6 Å². The first-order chi connectivity index (χ1) is 8.78. The normalized spacial score (nSPS) is 19.1. The monoisotopic (exact) mass is 258 g/mol. The fourth-order valence-corrected chi connectivity index (χ4v) is 3.00. The summed E-state index contributed by atoms with van der Waals surface area (Å²) in [7, 11) is 1.84. The van der Waals surface area contributed by atoms with Crippen molar-refractivity contribution >= 4 is 33.0 Å². The molecule has 0 saturated carbocycles. The van der Waals surface area contributed by atoms with Gasteiger partial charge in [0.15, 0.2) is 6.29 Å². The van der Waals surface area contributed by atoms with Gasteiger partial charge in [-0.3, -0.25) is 5.73 Å². The number of hydrogen-bond acceptors (Lipinski definition) is 5. The Morgan fingerprint density at radius 3 is 3.06 bits per heavy atom. The van der Waals surface area contributed by atoms with Crippen LogP contribution in [0.3, 0.4) is 0 Å². The Morgan fingerprint density at radius 1 is 1.39 bits per heavy atom. The molecule has 4 N–H and O–H groups in total. The van der Waals surface area contributed by atoms with E-state index < -0.39 is 6.29 Å². The highest BCUT2D eigenvalue weighted by Crippen LogP contribution is 2.30. The molecule has 0 amide bonds. The third-order valence-corrected chi connectivity index (χ3v) is 3.85. The molecular weight excluding hydrogens is 244 g/mol. The minimum Gasteiger partial charge on any atom is -0.373 e. The summed E-state index contributed by atoms with van der Waals surface area (Å²) < 4.78 is 1.28. The second kappa shape index (κ2) is 4.44. The Kier molecular flexibility index (Phi) is 2.77. The molecule has 1 aliphatic rings. The van der Waals surface area contributed by atoms with Crippen molar-refractivity contribution in [2.75, 3.05) is 7.05 Å². The van der Waals surface area contributed by atoms with Crippen LogP contribution in [-0.2, 0) is 0 Å². The van der Waals surface area contributed by atoms with E-state index >= 15 is 0 Å². The Morgan fingerprint density at radius 2 is 2.22 bits per heavy atom. The van der Waals surface area contributed by atoms with E-state index in [0.29, 0.717) is 0 Å². The molecule has 2 aromatic rings. The van der Waals surface area contributed by atoms with Crippen molar-refractivity contribution in [3.63, 3.8) is 0 Å². The number of fused-ring (bicyclic) bond motifs is 1. The van der Waals surface area contributed by atoms with E-state index in [0.717, 1.165) is 11.5 Å². The van der Waals surface area contributed by atoms with E-state index in [2.05, 4.69) is 45.3 Å². The van der Waals surface area contributed by atoms with Gasteiger partial charge in [0, 0.05) is 39.9 Å². The van der Waals surface area contributed by atoms with Crippen molar-refractivity contribution in [2.24, 2.45) is 10.7 Å². The predicted molar refractivity (Wildman–Crippen MR) is 77.4 cm³/mol. The lowest BCUT2D eigenvalue weighted by Crippen LogP contribution is -2.40. The topological polar surface area (TPSA) is 62.4 Å². The maximum atomic E-state index is 5.87. The van der Waals surface area contributed by atoms with Crippen LogP contribution in [0.15, 0.2) is 40.7 Å². The summed E-state index contributed by atoms with van der Waals surface area (Å²) in [5.41, 5.74) is 8.05. The zero-order valence-corrected chi connectivity index (χ0v) is 10.8. The van der Waals surface area contributed by atoms with Crippen LogP contribution in [0.1, 0.15) is 5.56 Å². The van der Waals surface area contributed by atoms with Crippen molar-refractivity contribution in [3.05, 3.63) is 41.3 Å². The van der Waals surface area contributed by atoms with Crippen LogP contribution in [-0.4, -0.2) is 19.2 Å². The number of benzene rings is 1. The number of nitrogens with two attached hydrogens (primary N) is 1. The van der Waals surface area contributed by atoms with Crippen LogP contribution in [0.5, 0.6) is 0 Å². The quantitative estimate of drug-likeness (QED) is 0.729. The lowest BCUT2D eigenvalue weighted by Gasteiger charge is -2.20. The summed E-state index contributed by atoms with van der Waals surface area (Å²) in [5.74, 6) is 0.798. The number of amidine groups is 1. The summed E-state index contributed by atoms with van der Waals surface area (Å²) in [6, 6.07) is 8.35. The number of thiophene rings is 1. The average molecular weight is 258 g/mol. The number of nitrogens with one attached hydrogen (secondary N) is 2. The van der Waals surface area contributed by atoms with E-state index in [1.165, 1.54) is 15.6 Å². The highest BCUT2D eigenvalue weighted by Gasteiger charge is 2.15. The third kappa shape index (κ3) is 1.87. The van der Waals surface area contributed by atoms with Gasteiger partial charge >= 0.3 is 0 Å². The van der Waals surface area contributed by atoms with E-state index in [9.17, 15) is 0 Å². The molecular formula is C13H14N4S. The van der Waals surface area contributed by atoms with Crippen molar-refractivity contribution in [1.29, 1.82) is 0 Å². The number of hydrogen-bond donors (Lipinski definition) is 3. The van der Waals surface area contributed by atoms with Crippen LogP contribution < -0.4 is 16.4 Å². The molecule has 4 nitrogen and oxygen atoms in total. The first kappa shape index (κ1) is 11.3. The van der Waals surface area contributed by atoms with Crippen LogP contribution in [0.4, 0.5) is 0 Å². The maximum Gasteiger partial charge on any atom is 0.173 e. The minimum absolute atomic E-state index is 0.397. The summed E-state index contributed by atoms with van der Waals surface area (Å²) in [4.78, 5) is 4.24. The van der Waals surface area contributed by atoms with Gasteiger partial charge in [-0.2, -0.15) is 0 Å². The second-order valence-corrected chi connectivity index (χ2v) is 4.97. The van der Waals surface area contributed by atoms with Gasteiger partial charge in [-0.1, -0.05) is 18.2 Å². The van der Waals surface area contributed by atoms with E-state index in [4.69, 9.17) is 5.73 Å². The number of aliphatic imine (C=N–C) groups is 1. The minimum atomic E-state index is -0.397. The zero-order chi connectivity index (χ0) is 12.5. The number of rotatable bonds is 1. The van der Waals surface area contributed by atoms with E-state index in [1.54, 1.807) is 11.3 Å². The highest BCUT2D eigenvalue weighted by molar-refractivity contribution is 7.17. The van der Waals surface area contributed by atoms with Gasteiger partial charge in [0.05, 0.1) is 0 Å². The van der Waals surface area contributed by atoms with Crippen molar-refractivity contribution in [2.45, 2.75) is 6.29 Å². The predicted octanol–water partition coefficient (Wildman–Crippen LogP) is 1.71. The standard InChI is InChI=1S/C13H14N4S/c1-15-12-6-10(16-13(14)17-12)9-7-18-11-5-3-2-4-8(9)11/h2-7,13,16H,14H2,1H3,(H,15,17). The van der Waals surface area contributed by atoms with Gasteiger partial charge in [-0.25, -0.2) is 4.99 Å². The Labute approximate surface area is 109 Å². The van der Waals surface area contributed by atoms with Crippen LogP contribution in [0.25, 0.3) is 15.8 Å². The summed E-state index contributed by atoms with van der Waals surface area (Å²) in [5, 5.41) is 9.61. The molecule has 1 aliphatic heterocycles. The van der Waals surface area contributed by atoms with Gasteiger partial charge in [0.1, 0.15) is 5.84 Å². The lowest BCUT2D eigenvalue weighted by molar-refractivity contribution is 0.645. The molecule has 3 rings (SSSR count). The van der Waals surface area contributed by atoms with Crippen LogP contribution in [0.2, 0.25) is 0 Å². The van der Waals surface area contributed by atoms with Gasteiger partial charge in [-0.15, -0.1) is 11.3 Å². The highest BCUT2D eigenvalue weighted by atomic mass is 32.1. The first-order valence-electron chi connectivity index (χ1n) is 5.74. The Hall–Kier alpha value is -1.85. The zero-order valence-electron chi connectivity index (χ0n) is 9.97. The van der Waals surface area contributed by atoms with Crippen molar-refractivity contribution < 1.29 is 0 Å². The third-order valence-electron chi connectivity index (χ3n) is 2.89. The molecule has 0 radical (unpaired) electrons. The molecule has 2 heterocycles. The SMILES string of the molecule is CNC1=NC(N)NC(c2csc3ccccc23)=C1. The fraction of sp³-hybridized carbons (Fsp3) is 0.154. The van der Waals surface area contributed by atoms with E-state index in [1.807, 2.05) is 13.1 Å². The molecule has 1 atom stereocenters. The summed E-state index contributed by atoms with van der Waals surface area (Å²) in [6.07, 6.45) is 1.59. The van der Waals surface area contributed by atoms with Gasteiger partial charge in [0.25, 0.3) is 0 Å². The molecule has 1 aromatic carbocycles. The smallest absolute Gasteiger partial charge is 0.173 e. The second-order valence-electron chi connectivity index (χ2n) is 4.06. The average Bonchev–Trinajstić information content (AvgIpc) is 2.81. The first-order valence-corrected chi connectivity index (χ1v) is 6.62. The molecule has 0 saturated heterocycles. The maximum absolute atomic E-state index is 5.87. The molecule has 1 aromatic heterocycles. The molecule has 18 heavy (non-hydrogen) atoms. The summed E-state index contributed by atoms with van der Waals surface area (Å²) >= 11 is 1.74. The Balaban J connectivity index is 2.10. The molecule has 1 unspecified atom stereocenters. The molecule has 92 valence electrons. The molecule has 0 bridgehead atoms.